The second-order valence-corrected chi connectivity index (χ2v) is 5.10. The predicted octanol–water partition coefficient (Wildman–Crippen LogP) is 2.06. The van der Waals surface area contributed by atoms with Crippen LogP contribution in [0.5, 0.6) is 0 Å². The van der Waals surface area contributed by atoms with Crippen LogP contribution in [0, 0.1) is 5.92 Å². The number of oxime groups is 1. The highest BCUT2D eigenvalue weighted by atomic mass is 16.4. The molecule has 1 atom stereocenters. The van der Waals surface area contributed by atoms with Crippen LogP contribution in [0.25, 0.3) is 0 Å². The average Bonchev–Trinajstić information content (AvgIpc) is 3.19. The summed E-state index contributed by atoms with van der Waals surface area (Å²) in [6.07, 6.45) is 4.01. The molecule has 18 heavy (non-hydrogen) atoms. The van der Waals surface area contributed by atoms with E-state index in [2.05, 4.69) is 17.4 Å². The first-order valence-corrected chi connectivity index (χ1v) is 6.50. The van der Waals surface area contributed by atoms with Crippen molar-refractivity contribution in [1.29, 1.82) is 0 Å². The fraction of sp³-hybridized carbons (Fsp3) is 0.500. The summed E-state index contributed by atoms with van der Waals surface area (Å²) in [5.41, 5.74) is 7.53. The molecule has 0 spiro atoms. The molecular weight excluding hydrogens is 226 g/mol. The summed E-state index contributed by atoms with van der Waals surface area (Å²) >= 11 is 0. The first-order chi connectivity index (χ1) is 8.70. The maximum absolute atomic E-state index is 8.76. The van der Waals surface area contributed by atoms with Gasteiger partial charge in [0, 0.05) is 18.2 Å². The highest BCUT2D eigenvalue weighted by Crippen LogP contribution is 2.33. The zero-order chi connectivity index (χ0) is 13.0. The zero-order valence-electron chi connectivity index (χ0n) is 10.8. The Labute approximate surface area is 108 Å². The zero-order valence-corrected chi connectivity index (χ0v) is 10.8. The number of rotatable bonds is 6. The molecule has 0 bridgehead atoms. The number of hydrogen-bond donors (Lipinski definition) is 3. The van der Waals surface area contributed by atoms with Gasteiger partial charge < -0.3 is 16.3 Å². The van der Waals surface area contributed by atoms with Gasteiger partial charge in [0.05, 0.1) is 0 Å². The molecule has 0 amide bonds. The summed E-state index contributed by atoms with van der Waals surface area (Å²) < 4.78 is 0. The lowest BCUT2D eigenvalue weighted by atomic mass is 10.1. The van der Waals surface area contributed by atoms with E-state index >= 15 is 0 Å². The molecule has 1 aromatic carbocycles. The Hall–Kier alpha value is -1.55. The number of benzene rings is 1. The molecule has 0 radical (unpaired) electrons. The van der Waals surface area contributed by atoms with Gasteiger partial charge in [-0.3, -0.25) is 0 Å². The molecule has 0 saturated heterocycles. The lowest BCUT2D eigenvalue weighted by Gasteiger charge is -2.15. The van der Waals surface area contributed by atoms with Crippen molar-refractivity contribution in [2.24, 2.45) is 16.8 Å². The Morgan fingerprint density at radius 3 is 2.89 bits per heavy atom. The normalized spacial score (nSPS) is 17.7. The van der Waals surface area contributed by atoms with E-state index in [-0.39, 0.29) is 5.84 Å². The molecule has 2 rings (SSSR count). The third-order valence-corrected chi connectivity index (χ3v) is 3.43. The maximum atomic E-state index is 8.76. The molecule has 4 N–H and O–H groups in total. The first kappa shape index (κ1) is 12.9. The fourth-order valence-electron chi connectivity index (χ4n) is 2.20. The predicted molar refractivity (Wildman–Crippen MR) is 72.6 cm³/mol. The van der Waals surface area contributed by atoms with Gasteiger partial charge in [0.2, 0.25) is 0 Å². The molecule has 4 nitrogen and oxygen atoms in total. The minimum atomic E-state index is 0.169. The summed E-state index contributed by atoms with van der Waals surface area (Å²) in [5, 5.41) is 15.3. The highest BCUT2D eigenvalue weighted by Gasteiger charge is 2.23. The van der Waals surface area contributed by atoms with E-state index in [0.29, 0.717) is 6.04 Å². The van der Waals surface area contributed by atoms with Crippen molar-refractivity contribution < 1.29 is 5.21 Å². The van der Waals surface area contributed by atoms with Crippen molar-refractivity contribution in [1.82, 2.24) is 5.32 Å². The third-order valence-electron chi connectivity index (χ3n) is 3.43. The summed E-state index contributed by atoms with van der Waals surface area (Å²) in [7, 11) is 0. The minimum Gasteiger partial charge on any atom is -0.409 e. The quantitative estimate of drug-likeness (QED) is 0.312. The highest BCUT2D eigenvalue weighted by molar-refractivity contribution is 5.98. The van der Waals surface area contributed by atoms with Crippen molar-refractivity contribution in [2.75, 3.05) is 0 Å². The number of nitrogens with two attached hydrogens (primary N) is 1. The molecule has 1 aliphatic carbocycles. The maximum Gasteiger partial charge on any atom is 0.170 e. The number of nitrogens with one attached hydrogen (secondary N) is 1. The number of amidine groups is 1. The monoisotopic (exact) mass is 247 g/mol. The standard InChI is InChI=1S/C14H21N3O/c1-10(8-11-6-7-11)16-9-12-4-2-3-5-13(12)14(15)17-18/h2-5,10-11,16,18H,6-9H2,1H3,(H2,15,17). The summed E-state index contributed by atoms with van der Waals surface area (Å²) in [6.45, 7) is 2.96. The van der Waals surface area contributed by atoms with Crippen LogP contribution in [0.3, 0.4) is 0 Å². The smallest absolute Gasteiger partial charge is 0.170 e. The van der Waals surface area contributed by atoms with E-state index in [1.165, 1.54) is 19.3 Å². The molecule has 1 saturated carbocycles. The minimum absolute atomic E-state index is 0.169. The van der Waals surface area contributed by atoms with Crippen LogP contribution in [-0.4, -0.2) is 17.1 Å². The third kappa shape index (κ3) is 3.47. The van der Waals surface area contributed by atoms with E-state index < -0.39 is 0 Å². The van der Waals surface area contributed by atoms with Gasteiger partial charge in [-0.05, 0) is 24.8 Å². The molecule has 0 aliphatic heterocycles. The van der Waals surface area contributed by atoms with Gasteiger partial charge in [-0.2, -0.15) is 0 Å². The van der Waals surface area contributed by atoms with Crippen LogP contribution >= 0.6 is 0 Å². The van der Waals surface area contributed by atoms with Gasteiger partial charge in [-0.1, -0.05) is 42.3 Å². The molecule has 98 valence electrons. The Balaban J connectivity index is 1.95. The number of hydrogen-bond acceptors (Lipinski definition) is 3. The van der Waals surface area contributed by atoms with E-state index in [1.54, 1.807) is 0 Å². The molecule has 1 fully saturated rings. The van der Waals surface area contributed by atoms with Gasteiger partial charge in [0.15, 0.2) is 5.84 Å². The molecule has 1 aliphatic rings. The van der Waals surface area contributed by atoms with Gasteiger partial charge in [-0.25, -0.2) is 0 Å². The SMILES string of the molecule is CC(CC1CC1)NCc1ccccc1C(N)=NO. The van der Waals surface area contributed by atoms with Crippen molar-refractivity contribution in [3.05, 3.63) is 35.4 Å². The van der Waals surface area contributed by atoms with Crippen LogP contribution in [-0.2, 0) is 6.54 Å². The van der Waals surface area contributed by atoms with Crippen LogP contribution < -0.4 is 11.1 Å². The molecular formula is C14H21N3O. The van der Waals surface area contributed by atoms with Gasteiger partial charge in [0.1, 0.15) is 0 Å². The Morgan fingerprint density at radius 1 is 1.50 bits per heavy atom. The first-order valence-electron chi connectivity index (χ1n) is 6.50. The van der Waals surface area contributed by atoms with Crippen molar-refractivity contribution in [3.8, 4) is 0 Å². The second kappa shape index (κ2) is 5.87. The van der Waals surface area contributed by atoms with Crippen LogP contribution in [0.4, 0.5) is 0 Å². The largest absolute Gasteiger partial charge is 0.409 e. The summed E-state index contributed by atoms with van der Waals surface area (Å²) in [5.74, 6) is 1.09. The second-order valence-electron chi connectivity index (χ2n) is 5.10. The Kier molecular flexibility index (Phi) is 4.20. The van der Waals surface area contributed by atoms with Gasteiger partial charge in [0.25, 0.3) is 0 Å². The molecule has 4 heteroatoms. The van der Waals surface area contributed by atoms with Gasteiger partial charge >= 0.3 is 0 Å². The lowest BCUT2D eigenvalue weighted by Crippen LogP contribution is -2.27. The Morgan fingerprint density at radius 2 is 2.22 bits per heavy atom. The molecule has 0 heterocycles. The van der Waals surface area contributed by atoms with Crippen molar-refractivity contribution in [3.63, 3.8) is 0 Å². The lowest BCUT2D eigenvalue weighted by molar-refractivity contribution is 0.318. The van der Waals surface area contributed by atoms with E-state index in [0.717, 1.165) is 23.6 Å². The fourth-order valence-corrected chi connectivity index (χ4v) is 2.20. The average molecular weight is 247 g/mol. The molecule has 1 aromatic rings. The van der Waals surface area contributed by atoms with Crippen LogP contribution in [0.1, 0.15) is 37.3 Å². The van der Waals surface area contributed by atoms with E-state index in [9.17, 15) is 0 Å². The molecule has 0 aromatic heterocycles. The molecule has 1 unspecified atom stereocenters. The van der Waals surface area contributed by atoms with Crippen LogP contribution in [0.2, 0.25) is 0 Å². The topological polar surface area (TPSA) is 70.6 Å². The summed E-state index contributed by atoms with van der Waals surface area (Å²) in [4.78, 5) is 0. The van der Waals surface area contributed by atoms with E-state index in [1.807, 2.05) is 24.3 Å². The summed E-state index contributed by atoms with van der Waals surface area (Å²) in [6, 6.07) is 8.25. The Bertz CT molecular complexity index is 427. The van der Waals surface area contributed by atoms with Gasteiger partial charge in [-0.15, -0.1) is 0 Å². The van der Waals surface area contributed by atoms with Crippen molar-refractivity contribution in [2.45, 2.75) is 38.8 Å². The number of nitrogens with zero attached hydrogens (tertiary/aromatic N) is 1. The van der Waals surface area contributed by atoms with E-state index in [4.69, 9.17) is 10.9 Å². The van der Waals surface area contributed by atoms with Crippen LogP contribution in [0.15, 0.2) is 29.4 Å². The van der Waals surface area contributed by atoms with Crippen molar-refractivity contribution >= 4 is 5.84 Å².